The molecule has 2 amide bonds. The highest BCUT2D eigenvalue weighted by Crippen LogP contribution is 2.29. The van der Waals surface area contributed by atoms with Gasteiger partial charge in [0, 0.05) is 12.0 Å². The summed E-state index contributed by atoms with van der Waals surface area (Å²) in [6.07, 6.45) is -2.21. The first kappa shape index (κ1) is 25.0. The van der Waals surface area contributed by atoms with Crippen molar-refractivity contribution in [3.8, 4) is 11.1 Å². The summed E-state index contributed by atoms with van der Waals surface area (Å²) in [5, 5.41) is 21.0. The minimum atomic E-state index is -1.24. The van der Waals surface area contributed by atoms with Crippen molar-refractivity contribution in [3.63, 3.8) is 0 Å². The third-order valence-corrected chi connectivity index (χ3v) is 5.01. The molecular formula is C24H27FN2O7. The SMILES string of the molecule is CC(C)(C)OC(=O)N[C@@H](Cc1cccc(-c2ccc(N3C[C@H](CO)OC3=O)cc2F)c1)C(=O)O. The lowest BCUT2D eigenvalue weighted by Crippen LogP contribution is -2.44. The molecule has 2 aromatic carbocycles. The van der Waals surface area contributed by atoms with Crippen molar-refractivity contribution in [1.29, 1.82) is 0 Å². The predicted molar refractivity (Wildman–Crippen MR) is 121 cm³/mol. The van der Waals surface area contributed by atoms with Crippen LogP contribution in [0, 0.1) is 5.82 Å². The lowest BCUT2D eigenvalue weighted by molar-refractivity contribution is -0.139. The second-order valence-electron chi connectivity index (χ2n) is 8.90. The van der Waals surface area contributed by atoms with Crippen LogP contribution in [0.4, 0.5) is 19.7 Å². The van der Waals surface area contributed by atoms with E-state index in [1.165, 1.54) is 17.0 Å². The monoisotopic (exact) mass is 474 g/mol. The van der Waals surface area contributed by atoms with Crippen molar-refractivity contribution in [2.75, 3.05) is 18.1 Å². The number of alkyl carbamates (subject to hydrolysis) is 1. The summed E-state index contributed by atoms with van der Waals surface area (Å²) in [5.41, 5.74) is 0.843. The zero-order chi connectivity index (χ0) is 25.0. The van der Waals surface area contributed by atoms with Gasteiger partial charge in [-0.15, -0.1) is 0 Å². The van der Waals surface area contributed by atoms with Crippen LogP contribution >= 0.6 is 0 Å². The van der Waals surface area contributed by atoms with Crippen LogP contribution in [0.5, 0.6) is 0 Å². The maximum Gasteiger partial charge on any atom is 0.414 e. The van der Waals surface area contributed by atoms with Crippen molar-refractivity contribution in [2.45, 2.75) is 44.9 Å². The number of ether oxygens (including phenoxy) is 2. The number of halogens is 1. The van der Waals surface area contributed by atoms with Gasteiger partial charge in [0.15, 0.2) is 0 Å². The number of carbonyl (C=O) groups excluding carboxylic acids is 2. The van der Waals surface area contributed by atoms with Crippen molar-refractivity contribution in [1.82, 2.24) is 5.32 Å². The van der Waals surface area contributed by atoms with Crippen molar-refractivity contribution < 1.29 is 38.5 Å². The number of nitrogens with zero attached hydrogens (tertiary/aromatic N) is 1. The van der Waals surface area contributed by atoms with Gasteiger partial charge in [0.25, 0.3) is 0 Å². The highest BCUT2D eigenvalue weighted by molar-refractivity contribution is 5.90. The molecule has 0 radical (unpaired) electrons. The van der Waals surface area contributed by atoms with Gasteiger partial charge >= 0.3 is 18.2 Å². The van der Waals surface area contributed by atoms with Crippen LogP contribution in [0.1, 0.15) is 26.3 Å². The first-order valence-corrected chi connectivity index (χ1v) is 10.7. The number of carboxylic acids is 1. The predicted octanol–water partition coefficient (Wildman–Crippen LogP) is 3.33. The Hall–Kier alpha value is -3.66. The van der Waals surface area contributed by atoms with E-state index in [9.17, 15) is 29.0 Å². The summed E-state index contributed by atoms with van der Waals surface area (Å²) in [4.78, 5) is 36.9. The molecule has 0 aromatic heterocycles. The number of anilines is 1. The second kappa shape index (κ2) is 10.1. The average molecular weight is 474 g/mol. The minimum Gasteiger partial charge on any atom is -0.480 e. The quantitative estimate of drug-likeness (QED) is 0.562. The molecule has 3 rings (SSSR count). The number of hydrogen-bond acceptors (Lipinski definition) is 6. The number of carboxylic acid groups (broad SMARTS) is 1. The number of cyclic esters (lactones) is 1. The molecule has 0 unspecified atom stereocenters. The molecule has 9 nitrogen and oxygen atoms in total. The standard InChI is InChI=1S/C24H27FN2O7/c1-24(2,3)34-22(31)26-20(21(29)30)10-14-5-4-6-15(9-14)18-8-7-16(11-19(18)25)27-12-17(13-28)33-23(27)32/h4-9,11,17,20,28H,10,12-13H2,1-3H3,(H,26,31)(H,29,30)/t17-,20+/m1/s1. The molecule has 1 fully saturated rings. The molecule has 10 heteroatoms. The van der Waals surface area contributed by atoms with E-state index in [4.69, 9.17) is 9.47 Å². The van der Waals surface area contributed by atoms with E-state index in [0.717, 1.165) is 0 Å². The van der Waals surface area contributed by atoms with Gasteiger partial charge in [-0.3, -0.25) is 4.90 Å². The highest BCUT2D eigenvalue weighted by atomic mass is 19.1. The first-order valence-electron chi connectivity index (χ1n) is 10.7. The van der Waals surface area contributed by atoms with E-state index in [1.54, 1.807) is 51.1 Å². The molecule has 2 aromatic rings. The largest absolute Gasteiger partial charge is 0.480 e. The summed E-state index contributed by atoms with van der Waals surface area (Å²) in [5.74, 6) is -1.82. The number of rotatable bonds is 7. The molecule has 1 saturated heterocycles. The number of aliphatic hydroxyl groups is 1. The molecular weight excluding hydrogens is 447 g/mol. The third-order valence-electron chi connectivity index (χ3n) is 5.01. The summed E-state index contributed by atoms with van der Waals surface area (Å²) in [7, 11) is 0. The molecule has 182 valence electrons. The summed E-state index contributed by atoms with van der Waals surface area (Å²) in [6.45, 7) is 4.80. The van der Waals surface area contributed by atoms with Gasteiger partial charge in [-0.2, -0.15) is 0 Å². The zero-order valence-corrected chi connectivity index (χ0v) is 19.1. The number of hydrogen-bond donors (Lipinski definition) is 3. The smallest absolute Gasteiger partial charge is 0.414 e. The van der Waals surface area contributed by atoms with E-state index < -0.39 is 41.7 Å². The van der Waals surface area contributed by atoms with Crippen LogP contribution in [-0.2, 0) is 20.7 Å². The fourth-order valence-electron chi connectivity index (χ4n) is 3.48. The van der Waals surface area contributed by atoms with E-state index in [1.807, 2.05) is 0 Å². The zero-order valence-electron chi connectivity index (χ0n) is 19.1. The summed E-state index contributed by atoms with van der Waals surface area (Å²) >= 11 is 0. The summed E-state index contributed by atoms with van der Waals surface area (Å²) < 4.78 is 25.1. The van der Waals surface area contributed by atoms with Gasteiger partial charge in [0.1, 0.15) is 23.6 Å². The van der Waals surface area contributed by atoms with Crippen LogP contribution < -0.4 is 10.2 Å². The molecule has 0 aliphatic carbocycles. The molecule has 1 heterocycles. The Morgan fingerprint density at radius 2 is 2.00 bits per heavy atom. The lowest BCUT2D eigenvalue weighted by atomic mass is 9.98. The maximum atomic E-state index is 15.0. The number of benzene rings is 2. The van der Waals surface area contributed by atoms with Crippen LogP contribution in [0.3, 0.4) is 0 Å². The lowest BCUT2D eigenvalue weighted by Gasteiger charge is -2.22. The Kier molecular flexibility index (Phi) is 7.41. The third kappa shape index (κ3) is 6.22. The molecule has 0 bridgehead atoms. The fraction of sp³-hybridized carbons (Fsp3) is 0.375. The number of aliphatic carboxylic acids is 1. The molecule has 1 aliphatic rings. The number of aliphatic hydroxyl groups excluding tert-OH is 1. The fourth-order valence-corrected chi connectivity index (χ4v) is 3.48. The van der Waals surface area contributed by atoms with Gasteiger partial charge in [-0.05, 0) is 50.1 Å². The van der Waals surface area contributed by atoms with E-state index in [-0.39, 0.29) is 25.1 Å². The molecule has 3 N–H and O–H groups in total. The molecule has 34 heavy (non-hydrogen) atoms. The summed E-state index contributed by atoms with van der Waals surface area (Å²) in [6, 6.07) is 9.69. The van der Waals surface area contributed by atoms with Gasteiger partial charge < -0.3 is 25.0 Å². The van der Waals surface area contributed by atoms with Gasteiger partial charge in [0.05, 0.1) is 18.8 Å². The maximum absolute atomic E-state index is 15.0. The van der Waals surface area contributed by atoms with Gasteiger partial charge in [0.2, 0.25) is 0 Å². The molecule has 1 aliphatic heterocycles. The van der Waals surface area contributed by atoms with E-state index in [0.29, 0.717) is 16.8 Å². The topological polar surface area (TPSA) is 125 Å². The van der Waals surface area contributed by atoms with Crippen molar-refractivity contribution in [2.24, 2.45) is 0 Å². The molecule has 0 spiro atoms. The first-order chi connectivity index (χ1) is 16.0. The van der Waals surface area contributed by atoms with Gasteiger partial charge in [-0.25, -0.2) is 18.8 Å². The Labute approximate surface area is 196 Å². The van der Waals surface area contributed by atoms with Crippen LogP contribution in [0.25, 0.3) is 11.1 Å². The minimum absolute atomic E-state index is 0.0374. The Balaban J connectivity index is 1.77. The molecule has 0 saturated carbocycles. The normalized spacial score (nSPS) is 16.7. The second-order valence-corrected chi connectivity index (χ2v) is 8.90. The van der Waals surface area contributed by atoms with Crippen molar-refractivity contribution in [3.05, 3.63) is 53.8 Å². The van der Waals surface area contributed by atoms with Crippen LogP contribution in [-0.4, -0.2) is 59.3 Å². The van der Waals surface area contributed by atoms with Gasteiger partial charge in [-0.1, -0.05) is 24.3 Å². The van der Waals surface area contributed by atoms with E-state index >= 15 is 0 Å². The van der Waals surface area contributed by atoms with Crippen LogP contribution in [0.15, 0.2) is 42.5 Å². The Morgan fingerprint density at radius 1 is 1.26 bits per heavy atom. The van der Waals surface area contributed by atoms with Crippen molar-refractivity contribution >= 4 is 23.8 Å². The average Bonchev–Trinajstić information content (AvgIpc) is 3.12. The van der Waals surface area contributed by atoms with E-state index in [2.05, 4.69) is 5.32 Å². The number of carbonyl (C=O) groups is 3. The number of nitrogens with one attached hydrogen (secondary N) is 1. The Morgan fingerprint density at radius 3 is 2.59 bits per heavy atom. The van der Waals surface area contributed by atoms with Crippen LogP contribution in [0.2, 0.25) is 0 Å². The highest BCUT2D eigenvalue weighted by Gasteiger charge is 2.32. The number of amides is 2. The molecule has 2 atom stereocenters. The Bertz CT molecular complexity index is 1080.